The Kier molecular flexibility index (Phi) is 4.33. The molecule has 0 saturated carbocycles. The van der Waals surface area contributed by atoms with E-state index in [0.717, 1.165) is 29.7 Å². The van der Waals surface area contributed by atoms with Crippen molar-refractivity contribution in [3.05, 3.63) is 28.2 Å². The molecule has 100 valence electrons. The van der Waals surface area contributed by atoms with E-state index in [-0.39, 0.29) is 11.7 Å². The number of ether oxygens (including phenoxy) is 2. The Hall–Kier alpha value is -0.540. The second kappa shape index (κ2) is 5.62. The first kappa shape index (κ1) is 13.9. The number of hydrogen-bond donors (Lipinski definition) is 0. The van der Waals surface area contributed by atoms with E-state index in [4.69, 9.17) is 9.47 Å². The molecule has 1 aliphatic heterocycles. The van der Waals surface area contributed by atoms with Crippen LogP contribution in [0.5, 0.6) is 5.75 Å². The van der Waals surface area contributed by atoms with Crippen LogP contribution < -0.4 is 4.74 Å². The molecule has 18 heavy (non-hydrogen) atoms. The van der Waals surface area contributed by atoms with Gasteiger partial charge in [0.15, 0.2) is 6.29 Å². The summed E-state index contributed by atoms with van der Waals surface area (Å²) >= 11 is 3.53. The highest BCUT2D eigenvalue weighted by molar-refractivity contribution is 9.10. The van der Waals surface area contributed by atoms with Gasteiger partial charge in [0.1, 0.15) is 5.75 Å². The molecule has 1 aliphatic rings. The molecule has 0 aromatic heterocycles. The standard InChI is InChI=1S/C15H21BrO2/c1-15(2,3)12-10-11(16)7-8-13(12)18-14-6-4-5-9-17-14/h7-8,10,14H,4-6,9H2,1-3H3. The molecular weight excluding hydrogens is 292 g/mol. The average molecular weight is 313 g/mol. The second-order valence-electron chi connectivity index (χ2n) is 5.80. The van der Waals surface area contributed by atoms with E-state index in [9.17, 15) is 0 Å². The van der Waals surface area contributed by atoms with E-state index in [2.05, 4.69) is 42.8 Å². The van der Waals surface area contributed by atoms with Crippen LogP contribution in [0.25, 0.3) is 0 Å². The second-order valence-corrected chi connectivity index (χ2v) is 6.72. The maximum Gasteiger partial charge on any atom is 0.199 e. The van der Waals surface area contributed by atoms with Gasteiger partial charge in [-0.1, -0.05) is 36.7 Å². The Balaban J connectivity index is 2.21. The first-order valence-electron chi connectivity index (χ1n) is 6.55. The molecule has 1 atom stereocenters. The van der Waals surface area contributed by atoms with Crippen LogP contribution >= 0.6 is 15.9 Å². The van der Waals surface area contributed by atoms with Gasteiger partial charge in [0, 0.05) is 16.5 Å². The van der Waals surface area contributed by atoms with E-state index in [0.29, 0.717) is 0 Å². The summed E-state index contributed by atoms with van der Waals surface area (Å²) in [4.78, 5) is 0. The molecule has 0 bridgehead atoms. The fourth-order valence-corrected chi connectivity index (χ4v) is 2.50. The van der Waals surface area contributed by atoms with Gasteiger partial charge in [-0.3, -0.25) is 0 Å². The van der Waals surface area contributed by atoms with Crippen LogP contribution in [0.2, 0.25) is 0 Å². The van der Waals surface area contributed by atoms with Crippen molar-refractivity contribution < 1.29 is 9.47 Å². The Morgan fingerprint density at radius 2 is 2.06 bits per heavy atom. The third-order valence-electron chi connectivity index (χ3n) is 3.15. The quantitative estimate of drug-likeness (QED) is 0.791. The smallest absolute Gasteiger partial charge is 0.199 e. The Bertz CT molecular complexity index is 403. The maximum absolute atomic E-state index is 6.02. The molecule has 1 fully saturated rings. The van der Waals surface area contributed by atoms with E-state index < -0.39 is 0 Å². The lowest BCUT2D eigenvalue weighted by Crippen LogP contribution is -2.26. The highest BCUT2D eigenvalue weighted by Gasteiger charge is 2.22. The van der Waals surface area contributed by atoms with Gasteiger partial charge in [0.25, 0.3) is 0 Å². The zero-order valence-corrected chi connectivity index (χ0v) is 12.9. The van der Waals surface area contributed by atoms with Crippen LogP contribution in [-0.4, -0.2) is 12.9 Å². The van der Waals surface area contributed by atoms with Gasteiger partial charge in [-0.2, -0.15) is 0 Å². The van der Waals surface area contributed by atoms with Crippen LogP contribution in [0.4, 0.5) is 0 Å². The third kappa shape index (κ3) is 3.48. The first-order chi connectivity index (χ1) is 8.47. The molecule has 1 saturated heterocycles. The van der Waals surface area contributed by atoms with Crippen molar-refractivity contribution in [2.75, 3.05) is 6.61 Å². The van der Waals surface area contributed by atoms with Crippen LogP contribution in [-0.2, 0) is 10.2 Å². The summed E-state index contributed by atoms with van der Waals surface area (Å²) in [6.07, 6.45) is 3.24. The van der Waals surface area contributed by atoms with Crippen molar-refractivity contribution in [2.45, 2.75) is 51.7 Å². The Morgan fingerprint density at radius 3 is 2.67 bits per heavy atom. The minimum absolute atomic E-state index is 0.0633. The summed E-state index contributed by atoms with van der Waals surface area (Å²) in [5.41, 5.74) is 1.28. The predicted molar refractivity (Wildman–Crippen MR) is 77.1 cm³/mol. The summed E-state index contributed by atoms with van der Waals surface area (Å²) in [6.45, 7) is 7.40. The number of benzene rings is 1. The topological polar surface area (TPSA) is 18.5 Å². The molecule has 0 spiro atoms. The number of halogens is 1. The normalized spacial score (nSPS) is 20.8. The molecule has 1 unspecified atom stereocenters. The molecular formula is C15H21BrO2. The third-order valence-corrected chi connectivity index (χ3v) is 3.64. The van der Waals surface area contributed by atoms with Crippen molar-refractivity contribution in [2.24, 2.45) is 0 Å². The molecule has 1 aromatic carbocycles. The SMILES string of the molecule is CC(C)(C)c1cc(Br)ccc1OC1CCCCO1. The monoisotopic (exact) mass is 312 g/mol. The van der Waals surface area contributed by atoms with E-state index in [1.54, 1.807) is 0 Å². The molecule has 0 N–H and O–H groups in total. The molecule has 0 amide bonds. The number of hydrogen-bond acceptors (Lipinski definition) is 2. The maximum atomic E-state index is 6.02. The lowest BCUT2D eigenvalue weighted by Gasteiger charge is -2.28. The van der Waals surface area contributed by atoms with Crippen LogP contribution in [0.15, 0.2) is 22.7 Å². The minimum atomic E-state index is -0.0824. The molecule has 3 heteroatoms. The largest absolute Gasteiger partial charge is 0.465 e. The predicted octanol–water partition coefficient (Wildman–Crippen LogP) is 4.65. The summed E-state index contributed by atoms with van der Waals surface area (Å²) in [6, 6.07) is 6.19. The van der Waals surface area contributed by atoms with Crippen molar-refractivity contribution in [3.8, 4) is 5.75 Å². The van der Waals surface area contributed by atoms with Gasteiger partial charge in [0.05, 0.1) is 6.61 Å². The van der Waals surface area contributed by atoms with Crippen LogP contribution in [0.3, 0.4) is 0 Å². The van der Waals surface area contributed by atoms with Crippen LogP contribution in [0.1, 0.15) is 45.6 Å². The highest BCUT2D eigenvalue weighted by atomic mass is 79.9. The highest BCUT2D eigenvalue weighted by Crippen LogP contribution is 2.34. The average Bonchev–Trinajstić information content (AvgIpc) is 2.31. The molecule has 1 heterocycles. The first-order valence-corrected chi connectivity index (χ1v) is 7.34. The molecule has 1 aromatic rings. The lowest BCUT2D eigenvalue weighted by molar-refractivity contribution is -0.106. The fourth-order valence-electron chi connectivity index (χ4n) is 2.14. The Morgan fingerprint density at radius 1 is 1.28 bits per heavy atom. The lowest BCUT2D eigenvalue weighted by atomic mass is 9.86. The van der Waals surface area contributed by atoms with Gasteiger partial charge < -0.3 is 9.47 Å². The van der Waals surface area contributed by atoms with Gasteiger partial charge in [-0.25, -0.2) is 0 Å². The van der Waals surface area contributed by atoms with Gasteiger partial charge in [-0.05, 0) is 36.5 Å². The summed E-state index contributed by atoms with van der Waals surface area (Å²) in [5.74, 6) is 0.942. The summed E-state index contributed by atoms with van der Waals surface area (Å²) in [7, 11) is 0. The van der Waals surface area contributed by atoms with Crippen LogP contribution in [0, 0.1) is 0 Å². The summed E-state index contributed by atoms with van der Waals surface area (Å²) in [5, 5.41) is 0. The van der Waals surface area contributed by atoms with Crippen molar-refractivity contribution in [1.29, 1.82) is 0 Å². The fraction of sp³-hybridized carbons (Fsp3) is 0.600. The van der Waals surface area contributed by atoms with Gasteiger partial charge >= 0.3 is 0 Å². The van der Waals surface area contributed by atoms with Crippen molar-refractivity contribution >= 4 is 15.9 Å². The van der Waals surface area contributed by atoms with E-state index in [1.165, 1.54) is 12.0 Å². The zero-order valence-electron chi connectivity index (χ0n) is 11.3. The zero-order chi connectivity index (χ0) is 13.2. The summed E-state index contributed by atoms with van der Waals surface area (Å²) < 4.78 is 12.8. The Labute approximate surface area is 118 Å². The molecule has 0 radical (unpaired) electrons. The van der Waals surface area contributed by atoms with Gasteiger partial charge in [-0.15, -0.1) is 0 Å². The van der Waals surface area contributed by atoms with Crippen molar-refractivity contribution in [3.63, 3.8) is 0 Å². The van der Waals surface area contributed by atoms with Crippen molar-refractivity contribution in [1.82, 2.24) is 0 Å². The molecule has 0 aliphatic carbocycles. The van der Waals surface area contributed by atoms with Gasteiger partial charge in [0.2, 0.25) is 0 Å². The number of rotatable bonds is 2. The molecule has 2 nitrogen and oxygen atoms in total. The van der Waals surface area contributed by atoms with E-state index >= 15 is 0 Å². The molecule has 2 rings (SSSR count). The minimum Gasteiger partial charge on any atom is -0.465 e. The van der Waals surface area contributed by atoms with E-state index in [1.807, 2.05) is 12.1 Å².